The number of ether oxygens (including phenoxy) is 1. The molecule has 0 spiro atoms. The maximum atomic E-state index is 8.72. The molecule has 0 saturated carbocycles. The summed E-state index contributed by atoms with van der Waals surface area (Å²) in [5, 5.41) is 12.2. The fraction of sp³-hybridized carbons (Fsp3) is 0.625. The van der Waals surface area contributed by atoms with Crippen LogP contribution in [0.4, 0.5) is 0 Å². The van der Waals surface area contributed by atoms with Crippen molar-refractivity contribution in [1.82, 2.24) is 5.32 Å². The number of aliphatic hydroxyl groups is 1. The fourth-order valence-corrected chi connectivity index (χ4v) is 2.58. The van der Waals surface area contributed by atoms with Gasteiger partial charge in [-0.1, -0.05) is 18.2 Å². The Morgan fingerprint density at radius 2 is 2.11 bits per heavy atom. The number of unbranched alkanes of at least 4 members (excludes halogenated alkanes) is 2. The topological polar surface area (TPSA) is 41.5 Å². The summed E-state index contributed by atoms with van der Waals surface area (Å²) in [5.74, 6) is 1.08. The van der Waals surface area contributed by atoms with Crippen LogP contribution in [-0.2, 0) is 13.0 Å². The molecule has 0 atom stereocenters. The zero-order valence-corrected chi connectivity index (χ0v) is 12.0. The van der Waals surface area contributed by atoms with Gasteiger partial charge in [-0.05, 0) is 45.2 Å². The smallest absolute Gasteiger partial charge is 0.127 e. The number of hydrogen-bond acceptors (Lipinski definition) is 3. The standard InChI is InChI=1S/C16H25NO2/c1-16(2)11-13-7-6-8-14(15(13)19-16)12-17-9-4-3-5-10-18/h6-8,17-18H,3-5,9-12H2,1-2H3. The molecule has 106 valence electrons. The lowest BCUT2D eigenvalue weighted by Crippen LogP contribution is -2.25. The first kappa shape index (κ1) is 14.4. The molecule has 0 amide bonds. The second-order valence-corrected chi connectivity index (χ2v) is 5.90. The zero-order chi connectivity index (χ0) is 13.7. The molecule has 0 bridgehead atoms. The van der Waals surface area contributed by atoms with Gasteiger partial charge >= 0.3 is 0 Å². The summed E-state index contributed by atoms with van der Waals surface area (Å²) in [6.45, 7) is 6.43. The van der Waals surface area contributed by atoms with Crippen molar-refractivity contribution >= 4 is 0 Å². The summed E-state index contributed by atoms with van der Waals surface area (Å²) >= 11 is 0. The Morgan fingerprint density at radius 3 is 2.89 bits per heavy atom. The summed E-state index contributed by atoms with van der Waals surface area (Å²) in [7, 11) is 0. The van der Waals surface area contributed by atoms with E-state index in [1.165, 1.54) is 11.1 Å². The summed E-state index contributed by atoms with van der Waals surface area (Å²) in [6.07, 6.45) is 4.09. The summed E-state index contributed by atoms with van der Waals surface area (Å²) in [4.78, 5) is 0. The SMILES string of the molecule is CC1(C)Cc2cccc(CNCCCCCO)c2O1. The number of para-hydroxylation sites is 1. The first-order valence-corrected chi connectivity index (χ1v) is 7.24. The molecular formula is C16H25NO2. The highest BCUT2D eigenvalue weighted by Gasteiger charge is 2.31. The molecule has 1 aromatic carbocycles. The quantitative estimate of drug-likeness (QED) is 0.743. The van der Waals surface area contributed by atoms with E-state index in [1.54, 1.807) is 0 Å². The minimum atomic E-state index is -0.0699. The van der Waals surface area contributed by atoms with Crippen LogP contribution in [0, 0.1) is 0 Å². The average molecular weight is 263 g/mol. The number of nitrogens with one attached hydrogen (secondary N) is 1. The molecule has 0 fully saturated rings. The predicted octanol–water partition coefficient (Wildman–Crippen LogP) is 2.65. The van der Waals surface area contributed by atoms with E-state index in [0.717, 1.165) is 44.5 Å². The summed E-state index contributed by atoms with van der Waals surface area (Å²) < 4.78 is 6.05. The Kier molecular flexibility index (Phi) is 4.83. The van der Waals surface area contributed by atoms with Gasteiger partial charge < -0.3 is 15.2 Å². The Bertz CT molecular complexity index is 415. The molecule has 1 aliphatic rings. The van der Waals surface area contributed by atoms with Gasteiger partial charge in [0.2, 0.25) is 0 Å². The van der Waals surface area contributed by atoms with Crippen molar-refractivity contribution < 1.29 is 9.84 Å². The molecular weight excluding hydrogens is 238 g/mol. The molecule has 1 aliphatic heterocycles. The minimum absolute atomic E-state index is 0.0699. The predicted molar refractivity (Wildman–Crippen MR) is 77.5 cm³/mol. The Labute approximate surface area is 116 Å². The van der Waals surface area contributed by atoms with E-state index in [1.807, 2.05) is 0 Å². The molecule has 3 heteroatoms. The van der Waals surface area contributed by atoms with E-state index in [4.69, 9.17) is 9.84 Å². The van der Waals surface area contributed by atoms with Crippen LogP contribution in [0.3, 0.4) is 0 Å². The second kappa shape index (κ2) is 6.40. The number of rotatable bonds is 7. The molecule has 1 aromatic rings. The van der Waals surface area contributed by atoms with E-state index in [2.05, 4.69) is 37.4 Å². The Balaban J connectivity index is 1.84. The molecule has 0 aromatic heterocycles. The molecule has 19 heavy (non-hydrogen) atoms. The first-order valence-electron chi connectivity index (χ1n) is 7.24. The third-order valence-corrected chi connectivity index (χ3v) is 3.50. The largest absolute Gasteiger partial charge is 0.487 e. The van der Waals surface area contributed by atoms with Crippen LogP contribution in [0.15, 0.2) is 18.2 Å². The van der Waals surface area contributed by atoms with Gasteiger partial charge in [-0.3, -0.25) is 0 Å². The lowest BCUT2D eigenvalue weighted by molar-refractivity contribution is 0.137. The van der Waals surface area contributed by atoms with Crippen LogP contribution in [0.25, 0.3) is 0 Å². The van der Waals surface area contributed by atoms with Gasteiger partial charge in [0.1, 0.15) is 11.4 Å². The van der Waals surface area contributed by atoms with E-state index in [0.29, 0.717) is 6.61 Å². The summed E-state index contributed by atoms with van der Waals surface area (Å²) in [6, 6.07) is 6.42. The lowest BCUT2D eigenvalue weighted by Gasteiger charge is -2.18. The maximum absolute atomic E-state index is 8.72. The van der Waals surface area contributed by atoms with Crippen molar-refractivity contribution in [2.45, 2.75) is 51.7 Å². The van der Waals surface area contributed by atoms with Crippen LogP contribution in [-0.4, -0.2) is 23.9 Å². The number of hydrogen-bond donors (Lipinski definition) is 2. The van der Waals surface area contributed by atoms with Gasteiger partial charge in [-0.25, -0.2) is 0 Å². The summed E-state index contributed by atoms with van der Waals surface area (Å²) in [5.41, 5.74) is 2.51. The number of aliphatic hydroxyl groups excluding tert-OH is 1. The fourth-order valence-electron chi connectivity index (χ4n) is 2.58. The third kappa shape index (κ3) is 3.95. The third-order valence-electron chi connectivity index (χ3n) is 3.50. The van der Waals surface area contributed by atoms with Crippen LogP contribution in [0.5, 0.6) is 5.75 Å². The van der Waals surface area contributed by atoms with Crippen LogP contribution in [0.2, 0.25) is 0 Å². The van der Waals surface area contributed by atoms with Gasteiger partial charge in [-0.15, -0.1) is 0 Å². The van der Waals surface area contributed by atoms with Gasteiger partial charge in [0, 0.05) is 25.1 Å². The number of benzene rings is 1. The Hall–Kier alpha value is -1.06. The molecule has 1 heterocycles. The molecule has 0 radical (unpaired) electrons. The van der Waals surface area contributed by atoms with Gasteiger partial charge in [0.25, 0.3) is 0 Å². The molecule has 0 unspecified atom stereocenters. The van der Waals surface area contributed by atoms with Crippen LogP contribution >= 0.6 is 0 Å². The van der Waals surface area contributed by atoms with Crippen molar-refractivity contribution in [1.29, 1.82) is 0 Å². The first-order chi connectivity index (χ1) is 9.12. The van der Waals surface area contributed by atoms with Crippen molar-refractivity contribution in [2.24, 2.45) is 0 Å². The highest BCUT2D eigenvalue weighted by molar-refractivity contribution is 5.45. The monoisotopic (exact) mass is 263 g/mol. The van der Waals surface area contributed by atoms with E-state index >= 15 is 0 Å². The number of fused-ring (bicyclic) bond motifs is 1. The molecule has 3 nitrogen and oxygen atoms in total. The van der Waals surface area contributed by atoms with Gasteiger partial charge in [-0.2, -0.15) is 0 Å². The van der Waals surface area contributed by atoms with Crippen LogP contribution < -0.4 is 10.1 Å². The van der Waals surface area contributed by atoms with Crippen molar-refractivity contribution in [3.8, 4) is 5.75 Å². The molecule has 2 N–H and O–H groups in total. The molecule has 0 saturated heterocycles. The highest BCUT2D eigenvalue weighted by atomic mass is 16.5. The second-order valence-electron chi connectivity index (χ2n) is 5.90. The Morgan fingerprint density at radius 1 is 1.26 bits per heavy atom. The van der Waals surface area contributed by atoms with Gasteiger partial charge in [0.15, 0.2) is 0 Å². The van der Waals surface area contributed by atoms with E-state index in [9.17, 15) is 0 Å². The van der Waals surface area contributed by atoms with E-state index in [-0.39, 0.29) is 5.60 Å². The van der Waals surface area contributed by atoms with Crippen molar-refractivity contribution in [3.63, 3.8) is 0 Å². The molecule has 2 rings (SSSR count). The van der Waals surface area contributed by atoms with Crippen molar-refractivity contribution in [3.05, 3.63) is 29.3 Å². The average Bonchev–Trinajstić information content (AvgIpc) is 2.68. The highest BCUT2D eigenvalue weighted by Crippen LogP contribution is 2.37. The van der Waals surface area contributed by atoms with Gasteiger partial charge in [0.05, 0.1) is 0 Å². The zero-order valence-electron chi connectivity index (χ0n) is 12.0. The normalized spacial score (nSPS) is 16.2. The van der Waals surface area contributed by atoms with E-state index < -0.39 is 0 Å². The minimum Gasteiger partial charge on any atom is -0.487 e. The van der Waals surface area contributed by atoms with Crippen LogP contribution in [0.1, 0.15) is 44.2 Å². The maximum Gasteiger partial charge on any atom is 0.127 e. The molecule has 0 aliphatic carbocycles. The van der Waals surface area contributed by atoms with Crippen molar-refractivity contribution in [2.75, 3.05) is 13.2 Å². The lowest BCUT2D eigenvalue weighted by atomic mass is 10.0.